The lowest BCUT2D eigenvalue weighted by atomic mass is 9.73. The van der Waals surface area contributed by atoms with Gasteiger partial charge in [-0.2, -0.15) is 0 Å². The molecule has 3 saturated heterocycles. The van der Waals surface area contributed by atoms with Gasteiger partial charge in [0.2, 0.25) is 5.91 Å². The number of esters is 1. The van der Waals surface area contributed by atoms with E-state index in [2.05, 4.69) is 20.8 Å². The van der Waals surface area contributed by atoms with Crippen molar-refractivity contribution >= 4 is 46.0 Å². The van der Waals surface area contributed by atoms with Crippen molar-refractivity contribution in [3.63, 3.8) is 0 Å². The van der Waals surface area contributed by atoms with Crippen molar-refractivity contribution in [3.05, 3.63) is 37.1 Å². The van der Waals surface area contributed by atoms with Gasteiger partial charge in [-0.3, -0.25) is 19.4 Å². The summed E-state index contributed by atoms with van der Waals surface area (Å²) in [4.78, 5) is 69.7. The first kappa shape index (κ1) is 47.1. The number of imidazole rings is 1. The number of terminal acetylenes is 1. The van der Waals surface area contributed by atoms with E-state index < -0.39 is 81.3 Å². The van der Waals surface area contributed by atoms with Gasteiger partial charge in [0.05, 0.1) is 42.1 Å². The normalized spacial score (nSPS) is 37.2. The van der Waals surface area contributed by atoms with E-state index in [1.165, 1.54) is 14.0 Å². The molecule has 334 valence electrons. The number of halogens is 2. The van der Waals surface area contributed by atoms with Crippen LogP contribution in [-0.2, 0) is 44.7 Å². The number of nitrogens with zero attached hydrogens (tertiary/aromatic N) is 5. The van der Waals surface area contributed by atoms with Gasteiger partial charge in [0.25, 0.3) is 5.67 Å². The van der Waals surface area contributed by atoms with Gasteiger partial charge in [-0.15, -0.1) is 12.3 Å². The molecule has 0 bridgehead atoms. The standard InChI is InChI=1S/C45H61FIN5O9/c1-9-10-16-50(7)32-19-28(3)59-35(20-32)60-39-30(5)38(55)43(6,46)42(57)61-41(47)45-22-33(45)40(56)52(37(45)29(4)36(54)27(2)21-44(39,25-53)58-8)18-12-11-17-51-24-34(49-26-51)31-14-13-15-48-23-31/h1,13-15,23-24,26-30,32-33,35,37,39,41,53H,10-12,16-22,25H2,2-8H3/t27-,28-,29+,30+,32+,33?,35+,37?,39-,41+,43+,44+,45+/m1/s1. The average molecular weight is 962 g/mol. The smallest absolute Gasteiger partial charge is 0.352 e. The molecule has 61 heavy (non-hydrogen) atoms. The lowest BCUT2D eigenvalue weighted by Crippen LogP contribution is -2.60. The first-order chi connectivity index (χ1) is 28.9. The first-order valence-corrected chi connectivity index (χ1v) is 22.7. The summed E-state index contributed by atoms with van der Waals surface area (Å²) >= 11 is 1.93. The van der Waals surface area contributed by atoms with Crippen LogP contribution in [0, 0.1) is 41.4 Å². The maximum Gasteiger partial charge on any atom is 0.352 e. The summed E-state index contributed by atoms with van der Waals surface area (Å²) in [7, 11) is 3.31. The number of aryl methyl sites for hydroxylation is 1. The van der Waals surface area contributed by atoms with Gasteiger partial charge >= 0.3 is 5.97 Å². The molecule has 13 atom stereocenters. The molecule has 1 spiro atoms. The Balaban J connectivity index is 1.27. The number of hydrogen-bond donors (Lipinski definition) is 1. The van der Waals surface area contributed by atoms with Gasteiger partial charge < -0.3 is 38.4 Å². The van der Waals surface area contributed by atoms with Crippen molar-refractivity contribution in [3.8, 4) is 23.6 Å². The molecular weight excluding hydrogens is 900 g/mol. The molecule has 2 unspecified atom stereocenters. The highest BCUT2D eigenvalue weighted by Gasteiger charge is 2.76. The second-order valence-corrected chi connectivity index (χ2v) is 19.0. The molecule has 0 radical (unpaired) electrons. The predicted octanol–water partition coefficient (Wildman–Crippen LogP) is 5.04. The number of pyridine rings is 1. The Bertz CT molecular complexity index is 1940. The van der Waals surface area contributed by atoms with Crippen LogP contribution in [0.2, 0.25) is 0 Å². The number of likely N-dealkylation sites (tertiary alicyclic amines) is 1. The van der Waals surface area contributed by atoms with Crippen LogP contribution in [-0.4, -0.2) is 133 Å². The van der Waals surface area contributed by atoms with Gasteiger partial charge in [-0.25, -0.2) is 14.2 Å². The number of methoxy groups -OCH3 is 1. The number of Topliss-reactive ketones (excluding diaryl/α,β-unsaturated/α-hetero) is 2. The first-order valence-electron chi connectivity index (χ1n) is 21.4. The highest BCUT2D eigenvalue weighted by Crippen LogP contribution is 2.68. The van der Waals surface area contributed by atoms with Crippen molar-refractivity contribution in [2.45, 2.75) is 132 Å². The van der Waals surface area contributed by atoms with Crippen molar-refractivity contribution < 1.29 is 47.6 Å². The fourth-order valence-corrected chi connectivity index (χ4v) is 11.5. The predicted molar refractivity (Wildman–Crippen MR) is 231 cm³/mol. The van der Waals surface area contributed by atoms with Crippen LogP contribution in [0.3, 0.4) is 0 Å². The number of aliphatic hydroxyl groups is 1. The maximum atomic E-state index is 16.9. The monoisotopic (exact) mass is 961 g/mol. The average Bonchev–Trinajstić information content (AvgIpc) is 3.73. The molecule has 1 aliphatic carbocycles. The summed E-state index contributed by atoms with van der Waals surface area (Å²) < 4.78 is 42.7. The minimum Gasteiger partial charge on any atom is -0.448 e. The van der Waals surface area contributed by atoms with Crippen LogP contribution in [0.15, 0.2) is 37.1 Å². The third-order valence-electron chi connectivity index (χ3n) is 13.8. The highest BCUT2D eigenvalue weighted by molar-refractivity contribution is 14.1. The number of carbonyl (C=O) groups excluding carboxylic acids is 4. The van der Waals surface area contributed by atoms with E-state index in [1.54, 1.807) is 37.5 Å². The Hall–Kier alpha value is -3.34. The fraction of sp³-hybridized carbons (Fsp3) is 0.689. The molecule has 14 nitrogen and oxygen atoms in total. The number of rotatable bonds is 13. The Morgan fingerprint density at radius 3 is 2.52 bits per heavy atom. The fourth-order valence-electron chi connectivity index (χ4n) is 10.2. The van der Waals surface area contributed by atoms with E-state index in [9.17, 15) is 24.3 Å². The van der Waals surface area contributed by atoms with Crippen LogP contribution in [0.5, 0.6) is 0 Å². The van der Waals surface area contributed by atoms with Gasteiger partial charge in [0, 0.05) is 87.5 Å². The van der Waals surface area contributed by atoms with E-state index >= 15 is 4.39 Å². The number of amides is 1. The van der Waals surface area contributed by atoms with E-state index in [4.69, 9.17) is 25.4 Å². The number of hydrogen-bond acceptors (Lipinski definition) is 12. The molecule has 16 heteroatoms. The third kappa shape index (κ3) is 9.34. The van der Waals surface area contributed by atoms with Crippen LogP contribution >= 0.6 is 22.6 Å². The summed E-state index contributed by atoms with van der Waals surface area (Å²) in [5.74, 6) is -3.64. The van der Waals surface area contributed by atoms with E-state index in [0.29, 0.717) is 58.2 Å². The number of ether oxygens (including phenoxy) is 4. The summed E-state index contributed by atoms with van der Waals surface area (Å²) in [5.41, 5.74) is -4.12. The number of piperidine rings is 1. The van der Waals surface area contributed by atoms with Gasteiger partial charge in [0.1, 0.15) is 17.5 Å². The Morgan fingerprint density at radius 1 is 1.11 bits per heavy atom. The van der Waals surface area contributed by atoms with Crippen LogP contribution in [0.4, 0.5) is 4.39 Å². The molecule has 2 aromatic rings. The minimum atomic E-state index is -3.14. The molecule has 4 aliphatic rings. The van der Waals surface area contributed by atoms with Crippen LogP contribution < -0.4 is 0 Å². The number of carbonyl (C=O) groups is 4. The van der Waals surface area contributed by atoms with Gasteiger partial charge in [-0.05, 0) is 87.7 Å². The van der Waals surface area contributed by atoms with Crippen LogP contribution in [0.1, 0.15) is 79.6 Å². The van der Waals surface area contributed by atoms with E-state index in [-0.39, 0.29) is 30.3 Å². The molecule has 0 aromatic carbocycles. The summed E-state index contributed by atoms with van der Waals surface area (Å²) in [6.07, 6.45) is 13.3. The molecule has 2 aromatic heterocycles. The second-order valence-electron chi connectivity index (χ2n) is 17.9. The maximum absolute atomic E-state index is 16.9. The van der Waals surface area contributed by atoms with Crippen molar-refractivity contribution in [1.82, 2.24) is 24.3 Å². The SMILES string of the molecule is C#CCCN(C)[C@@H]1C[C@H](O[C@@H]2[C@@H](C)C(=O)[C@](C)(F)C(=O)O[C@H](I)[C@@]34CC3C(=O)N(CCCCn3cnc(-c5cccnc5)c3)C4[C@@H](C)C(=O)[C@H](C)C[C@@]2(CO)OC)O[C@H](C)C1. The molecule has 4 fully saturated rings. The molecule has 5 heterocycles. The number of aliphatic hydroxyl groups excluding tert-OH is 1. The number of unbranched alkanes of at least 4 members (excludes halogenated alkanes) is 1. The topological polar surface area (TPSA) is 163 Å². The number of aromatic nitrogens is 3. The molecular formula is C45H61FIN5O9. The number of cyclic esters (lactones) is 1. The lowest BCUT2D eigenvalue weighted by molar-refractivity contribution is -0.271. The summed E-state index contributed by atoms with van der Waals surface area (Å²) in [6.45, 7) is 8.66. The zero-order valence-electron chi connectivity index (χ0n) is 36.3. The Morgan fingerprint density at radius 2 is 1.85 bits per heavy atom. The highest BCUT2D eigenvalue weighted by atomic mass is 127. The molecule has 1 saturated carbocycles. The minimum absolute atomic E-state index is 0.00662. The molecule has 1 N–H and O–H groups in total. The van der Waals surface area contributed by atoms with Crippen molar-refractivity contribution in [1.29, 1.82) is 0 Å². The van der Waals surface area contributed by atoms with Crippen LogP contribution in [0.25, 0.3) is 11.3 Å². The summed E-state index contributed by atoms with van der Waals surface area (Å²) in [5, 5.41) is 11.2. The largest absolute Gasteiger partial charge is 0.448 e. The Labute approximate surface area is 372 Å². The summed E-state index contributed by atoms with van der Waals surface area (Å²) in [6, 6.07) is 3.11. The molecule has 6 rings (SSSR count). The van der Waals surface area contributed by atoms with Crippen molar-refractivity contribution in [2.24, 2.45) is 29.1 Å². The molecule has 1 amide bonds. The number of ketones is 2. The quantitative estimate of drug-likeness (QED) is 0.0713. The number of alkyl halides is 2. The zero-order valence-corrected chi connectivity index (χ0v) is 38.5. The van der Waals surface area contributed by atoms with Gasteiger partial charge in [0.15, 0.2) is 16.2 Å². The lowest BCUT2D eigenvalue weighted by Gasteiger charge is -2.46. The second kappa shape index (κ2) is 19.2. The van der Waals surface area contributed by atoms with E-state index in [0.717, 1.165) is 18.2 Å². The molecule has 3 aliphatic heterocycles. The van der Waals surface area contributed by atoms with Gasteiger partial charge in [-0.1, -0.05) is 20.8 Å². The zero-order chi connectivity index (χ0) is 44.4. The third-order valence-corrected chi connectivity index (χ3v) is 15.2. The van der Waals surface area contributed by atoms with E-state index in [1.807, 2.05) is 59.5 Å². The Kier molecular flexibility index (Phi) is 14.8. The van der Waals surface area contributed by atoms with Crippen molar-refractivity contribution in [2.75, 3.05) is 33.9 Å².